The summed E-state index contributed by atoms with van der Waals surface area (Å²) in [6, 6.07) is 16.2. The van der Waals surface area contributed by atoms with Gasteiger partial charge in [-0.3, -0.25) is 4.79 Å². The van der Waals surface area contributed by atoms with E-state index >= 15 is 0 Å². The first-order chi connectivity index (χ1) is 10.3. The van der Waals surface area contributed by atoms with E-state index in [0.717, 1.165) is 23.7 Å². The lowest BCUT2D eigenvalue weighted by Gasteiger charge is -2.02. The van der Waals surface area contributed by atoms with Crippen LogP contribution in [0.4, 0.5) is 0 Å². The van der Waals surface area contributed by atoms with Gasteiger partial charge in [-0.15, -0.1) is 0 Å². The van der Waals surface area contributed by atoms with Gasteiger partial charge in [-0.25, -0.2) is 0 Å². The molecule has 0 bridgehead atoms. The van der Waals surface area contributed by atoms with Crippen molar-refractivity contribution in [1.82, 2.24) is 5.32 Å². The van der Waals surface area contributed by atoms with Crippen molar-refractivity contribution in [2.24, 2.45) is 0 Å². The van der Waals surface area contributed by atoms with Gasteiger partial charge in [0.15, 0.2) is 0 Å². The lowest BCUT2D eigenvalue weighted by atomic mass is 10.1. The van der Waals surface area contributed by atoms with Crippen LogP contribution in [-0.4, -0.2) is 12.3 Å². The van der Waals surface area contributed by atoms with Crippen molar-refractivity contribution < 1.29 is 4.79 Å². The van der Waals surface area contributed by atoms with Crippen molar-refractivity contribution in [2.45, 2.75) is 25.4 Å². The van der Waals surface area contributed by atoms with E-state index in [0.29, 0.717) is 5.56 Å². The van der Waals surface area contributed by atoms with E-state index in [1.807, 2.05) is 30.6 Å². The Labute approximate surface area is 125 Å². The van der Waals surface area contributed by atoms with Crippen molar-refractivity contribution >= 4 is 6.29 Å². The standard InChI is InChI=1S/C19H16NO/c21-14-18-9-5-16(6-10-18)2-1-15-3-7-17(8-4-15)13-20-19-11-12-19/h3-10,19-20H,11-13H2. The smallest absolute Gasteiger partial charge is 0.233 e. The van der Waals surface area contributed by atoms with E-state index in [1.165, 1.54) is 18.4 Å². The molecule has 0 unspecified atom stereocenters. The van der Waals surface area contributed by atoms with E-state index in [9.17, 15) is 4.79 Å². The third-order valence-corrected chi connectivity index (χ3v) is 3.48. The zero-order valence-electron chi connectivity index (χ0n) is 11.7. The van der Waals surface area contributed by atoms with E-state index in [1.54, 1.807) is 12.1 Å². The van der Waals surface area contributed by atoms with Gasteiger partial charge in [-0.1, -0.05) is 24.0 Å². The molecule has 3 rings (SSSR count). The molecule has 1 radical (unpaired) electrons. The Balaban J connectivity index is 1.63. The number of carbonyl (C=O) groups excluding carboxylic acids is 1. The molecule has 0 aliphatic heterocycles. The molecule has 1 aliphatic rings. The normalized spacial score (nSPS) is 13.3. The minimum Gasteiger partial charge on any atom is -0.310 e. The first-order valence-corrected chi connectivity index (χ1v) is 7.16. The summed E-state index contributed by atoms with van der Waals surface area (Å²) in [6.45, 7) is 0.933. The molecule has 2 nitrogen and oxygen atoms in total. The summed E-state index contributed by atoms with van der Waals surface area (Å²) in [6.07, 6.45) is 4.47. The van der Waals surface area contributed by atoms with Gasteiger partial charge < -0.3 is 5.32 Å². The fourth-order valence-electron chi connectivity index (χ4n) is 2.02. The van der Waals surface area contributed by atoms with Crippen LogP contribution in [0.25, 0.3) is 0 Å². The summed E-state index contributed by atoms with van der Waals surface area (Å²) >= 11 is 0. The largest absolute Gasteiger partial charge is 0.310 e. The maximum Gasteiger partial charge on any atom is 0.233 e. The lowest BCUT2D eigenvalue weighted by Crippen LogP contribution is -2.15. The molecule has 1 aliphatic carbocycles. The molecule has 2 aromatic carbocycles. The molecule has 0 atom stereocenters. The van der Waals surface area contributed by atoms with Crippen LogP contribution in [0.5, 0.6) is 0 Å². The third-order valence-electron chi connectivity index (χ3n) is 3.48. The average molecular weight is 274 g/mol. The molecule has 21 heavy (non-hydrogen) atoms. The molecule has 2 aromatic rings. The number of hydrogen-bond donors (Lipinski definition) is 1. The van der Waals surface area contributed by atoms with Gasteiger partial charge >= 0.3 is 0 Å². The van der Waals surface area contributed by atoms with Crippen molar-refractivity contribution in [3.8, 4) is 11.8 Å². The van der Waals surface area contributed by atoms with Gasteiger partial charge in [0, 0.05) is 29.3 Å². The summed E-state index contributed by atoms with van der Waals surface area (Å²) in [5, 5.41) is 3.49. The van der Waals surface area contributed by atoms with Crippen LogP contribution in [-0.2, 0) is 11.3 Å². The fraction of sp³-hybridized carbons (Fsp3) is 0.211. The number of hydrogen-bond acceptors (Lipinski definition) is 2. The second-order valence-corrected chi connectivity index (χ2v) is 5.28. The number of nitrogens with one attached hydrogen (secondary N) is 1. The Morgan fingerprint density at radius 1 is 0.857 bits per heavy atom. The molecule has 2 heteroatoms. The molecule has 0 aromatic heterocycles. The van der Waals surface area contributed by atoms with Crippen molar-refractivity contribution in [1.29, 1.82) is 0 Å². The fourth-order valence-corrected chi connectivity index (χ4v) is 2.02. The summed E-state index contributed by atoms with van der Waals surface area (Å²) < 4.78 is 0. The molecular formula is C19H16NO. The van der Waals surface area contributed by atoms with Crippen LogP contribution in [0.15, 0.2) is 48.5 Å². The van der Waals surface area contributed by atoms with Crippen molar-refractivity contribution in [2.75, 3.05) is 0 Å². The van der Waals surface area contributed by atoms with E-state index in [2.05, 4.69) is 29.3 Å². The van der Waals surface area contributed by atoms with Crippen LogP contribution >= 0.6 is 0 Å². The van der Waals surface area contributed by atoms with Gasteiger partial charge in [0.2, 0.25) is 6.29 Å². The first kappa shape index (κ1) is 13.6. The molecule has 1 saturated carbocycles. The highest BCUT2D eigenvalue weighted by Crippen LogP contribution is 2.19. The third kappa shape index (κ3) is 4.05. The van der Waals surface area contributed by atoms with Crippen molar-refractivity contribution in [3.63, 3.8) is 0 Å². The van der Waals surface area contributed by atoms with Crippen LogP contribution in [0.1, 0.15) is 35.1 Å². The first-order valence-electron chi connectivity index (χ1n) is 7.16. The van der Waals surface area contributed by atoms with E-state index < -0.39 is 0 Å². The molecule has 0 spiro atoms. The highest BCUT2D eigenvalue weighted by Gasteiger charge is 2.19. The van der Waals surface area contributed by atoms with Crippen LogP contribution < -0.4 is 5.32 Å². The van der Waals surface area contributed by atoms with Crippen molar-refractivity contribution in [3.05, 3.63) is 70.8 Å². The van der Waals surface area contributed by atoms with Crippen LogP contribution in [0, 0.1) is 11.8 Å². The Kier molecular flexibility index (Phi) is 4.14. The van der Waals surface area contributed by atoms with Gasteiger partial charge in [0.25, 0.3) is 0 Å². The van der Waals surface area contributed by atoms with Gasteiger partial charge in [-0.2, -0.15) is 0 Å². The van der Waals surface area contributed by atoms with Gasteiger partial charge in [0.05, 0.1) is 0 Å². The Morgan fingerprint density at radius 3 is 1.90 bits per heavy atom. The molecule has 0 saturated heterocycles. The summed E-state index contributed by atoms with van der Waals surface area (Å²) in [4.78, 5) is 10.5. The maximum atomic E-state index is 10.5. The monoisotopic (exact) mass is 274 g/mol. The molecule has 0 amide bonds. The highest BCUT2D eigenvalue weighted by molar-refractivity contribution is 5.75. The SMILES string of the molecule is O=[C]c1ccc(C#Cc2ccc(CNC3CC3)cc2)cc1. The molecular weight excluding hydrogens is 258 g/mol. The summed E-state index contributed by atoms with van der Waals surface area (Å²) in [5.74, 6) is 6.23. The van der Waals surface area contributed by atoms with Crippen LogP contribution in [0.3, 0.4) is 0 Å². The highest BCUT2D eigenvalue weighted by atomic mass is 16.1. The maximum absolute atomic E-state index is 10.5. The number of benzene rings is 2. The van der Waals surface area contributed by atoms with Gasteiger partial charge in [0.1, 0.15) is 0 Å². The minimum atomic E-state index is 0.549. The van der Waals surface area contributed by atoms with E-state index in [-0.39, 0.29) is 0 Å². The number of rotatable bonds is 4. The predicted octanol–water partition coefficient (Wildman–Crippen LogP) is 2.80. The topological polar surface area (TPSA) is 29.1 Å². The molecule has 103 valence electrons. The van der Waals surface area contributed by atoms with Gasteiger partial charge in [-0.05, 0) is 54.8 Å². The Bertz CT molecular complexity index is 670. The van der Waals surface area contributed by atoms with Crippen LogP contribution in [0.2, 0.25) is 0 Å². The predicted molar refractivity (Wildman–Crippen MR) is 83.5 cm³/mol. The second-order valence-electron chi connectivity index (χ2n) is 5.28. The Morgan fingerprint density at radius 2 is 1.38 bits per heavy atom. The zero-order chi connectivity index (χ0) is 14.5. The molecule has 1 fully saturated rings. The lowest BCUT2D eigenvalue weighted by molar-refractivity contribution is 0.563. The molecule has 0 heterocycles. The Hall–Kier alpha value is -2.37. The molecule has 1 N–H and O–H groups in total. The quantitative estimate of drug-likeness (QED) is 0.869. The average Bonchev–Trinajstić information content (AvgIpc) is 3.37. The minimum absolute atomic E-state index is 0.549. The summed E-state index contributed by atoms with van der Waals surface area (Å²) in [5.41, 5.74) is 3.73. The van der Waals surface area contributed by atoms with E-state index in [4.69, 9.17) is 0 Å². The summed E-state index contributed by atoms with van der Waals surface area (Å²) in [7, 11) is 0. The second kappa shape index (κ2) is 6.39. The zero-order valence-corrected chi connectivity index (χ0v) is 11.7.